The smallest absolute Gasteiger partial charge is 0.263 e. The van der Waals surface area contributed by atoms with Gasteiger partial charge in [-0.15, -0.1) is 10.2 Å². The summed E-state index contributed by atoms with van der Waals surface area (Å²) in [4.78, 5) is 25.6. The van der Waals surface area contributed by atoms with Crippen LogP contribution in [0.2, 0.25) is 0 Å². The highest BCUT2D eigenvalue weighted by Crippen LogP contribution is 2.23. The minimum atomic E-state index is -0.859. The van der Waals surface area contributed by atoms with Gasteiger partial charge >= 0.3 is 0 Å². The molecule has 0 spiro atoms. The van der Waals surface area contributed by atoms with Crippen molar-refractivity contribution in [2.45, 2.75) is 11.7 Å². The lowest BCUT2D eigenvalue weighted by Crippen LogP contribution is -2.24. The molecule has 34 heavy (non-hydrogen) atoms. The number of carbonyl (C=O) groups is 1. The number of carbonyl (C=O) groups excluding carboxylic acids is 1. The third-order valence-corrected chi connectivity index (χ3v) is 6.15. The van der Waals surface area contributed by atoms with E-state index in [0.29, 0.717) is 28.4 Å². The number of hydrogen-bond acceptors (Lipinski definition) is 5. The van der Waals surface area contributed by atoms with Gasteiger partial charge in [-0.2, -0.15) is 0 Å². The van der Waals surface area contributed by atoms with E-state index in [-0.39, 0.29) is 11.3 Å². The van der Waals surface area contributed by atoms with Crippen LogP contribution >= 0.6 is 11.8 Å². The third-order valence-electron chi connectivity index (χ3n) is 5.22. The fourth-order valence-electron chi connectivity index (χ4n) is 3.66. The van der Waals surface area contributed by atoms with Crippen molar-refractivity contribution in [2.24, 2.45) is 0 Å². The zero-order valence-electron chi connectivity index (χ0n) is 17.6. The van der Waals surface area contributed by atoms with Gasteiger partial charge in [-0.25, -0.2) is 8.78 Å². The van der Waals surface area contributed by atoms with Crippen LogP contribution in [-0.2, 0) is 11.3 Å². The predicted octanol–water partition coefficient (Wildman–Crippen LogP) is 4.10. The summed E-state index contributed by atoms with van der Waals surface area (Å²) in [6.45, 7) is 0.295. The Morgan fingerprint density at radius 1 is 0.912 bits per heavy atom. The second-order valence-corrected chi connectivity index (χ2v) is 8.39. The van der Waals surface area contributed by atoms with E-state index in [1.54, 1.807) is 28.7 Å². The highest BCUT2D eigenvalue weighted by Gasteiger charge is 2.19. The maximum absolute atomic E-state index is 13.8. The van der Waals surface area contributed by atoms with Crippen LogP contribution in [0.15, 0.2) is 82.7 Å². The van der Waals surface area contributed by atoms with E-state index in [1.165, 1.54) is 10.6 Å². The molecule has 0 radical (unpaired) electrons. The van der Waals surface area contributed by atoms with E-state index in [1.807, 2.05) is 30.3 Å². The molecule has 0 aliphatic rings. The largest absolute Gasteiger partial charge is 0.320 e. The zero-order valence-corrected chi connectivity index (χ0v) is 18.4. The molecule has 10 heteroatoms. The fraction of sp³-hybridized carbons (Fsp3) is 0.0833. The van der Waals surface area contributed by atoms with Gasteiger partial charge in [-0.1, -0.05) is 60.3 Å². The Hall–Kier alpha value is -4.05. The van der Waals surface area contributed by atoms with Crippen molar-refractivity contribution in [1.82, 2.24) is 19.2 Å². The van der Waals surface area contributed by atoms with Crippen LogP contribution in [0.5, 0.6) is 0 Å². The number of hydrogen-bond donors (Lipinski definition) is 1. The molecule has 0 fully saturated rings. The fourth-order valence-corrected chi connectivity index (χ4v) is 4.40. The summed E-state index contributed by atoms with van der Waals surface area (Å²) in [6, 6.07) is 19.9. The molecular weight excluding hydrogens is 460 g/mol. The van der Waals surface area contributed by atoms with Crippen LogP contribution in [0.1, 0.15) is 5.56 Å². The Labute approximate surface area is 196 Å². The maximum Gasteiger partial charge on any atom is 0.263 e. The minimum absolute atomic E-state index is 0.166. The number of anilines is 1. The highest BCUT2D eigenvalue weighted by atomic mass is 32.2. The molecule has 2 aromatic heterocycles. The predicted molar refractivity (Wildman–Crippen MR) is 126 cm³/mol. The van der Waals surface area contributed by atoms with E-state index < -0.39 is 23.2 Å². The second-order valence-electron chi connectivity index (χ2n) is 7.45. The van der Waals surface area contributed by atoms with E-state index in [2.05, 4.69) is 15.5 Å². The molecule has 170 valence electrons. The van der Waals surface area contributed by atoms with Crippen molar-refractivity contribution in [3.8, 4) is 0 Å². The number of aromatic nitrogens is 4. The lowest BCUT2D eigenvalue weighted by molar-refractivity contribution is -0.113. The molecule has 5 rings (SSSR count). The van der Waals surface area contributed by atoms with Gasteiger partial charge in [0, 0.05) is 0 Å². The van der Waals surface area contributed by atoms with Crippen molar-refractivity contribution in [1.29, 1.82) is 0 Å². The molecule has 3 aromatic carbocycles. The summed E-state index contributed by atoms with van der Waals surface area (Å²) in [5, 5.41) is 11.5. The number of thioether (sulfide) groups is 1. The summed E-state index contributed by atoms with van der Waals surface area (Å²) in [7, 11) is 0. The topological polar surface area (TPSA) is 81.3 Å². The van der Waals surface area contributed by atoms with Crippen molar-refractivity contribution in [3.05, 3.63) is 100 Å². The van der Waals surface area contributed by atoms with E-state index in [0.717, 1.165) is 29.5 Å². The normalized spacial score (nSPS) is 11.2. The van der Waals surface area contributed by atoms with Gasteiger partial charge in [0.25, 0.3) is 5.56 Å². The van der Waals surface area contributed by atoms with Gasteiger partial charge in [0.05, 0.1) is 23.2 Å². The van der Waals surface area contributed by atoms with Gasteiger partial charge in [-0.05, 0) is 29.8 Å². The number of halogens is 2. The standard InChI is InChI=1S/C24H17F2N5O2S/c25-17-10-6-11-18(26)21(17)27-20(32)14-34-24-29-28-23-30(13-15-7-2-1-3-8-15)22(33)16-9-4-5-12-19(16)31(23)24/h1-12H,13-14H2,(H,27,32). The molecular formula is C24H17F2N5O2S. The first kappa shape index (κ1) is 21.8. The molecule has 0 aliphatic carbocycles. The van der Waals surface area contributed by atoms with Crippen LogP contribution in [0.3, 0.4) is 0 Å². The van der Waals surface area contributed by atoms with Crippen LogP contribution in [0, 0.1) is 11.6 Å². The van der Waals surface area contributed by atoms with Crippen molar-refractivity contribution in [3.63, 3.8) is 0 Å². The second kappa shape index (κ2) is 9.06. The Balaban J connectivity index is 1.50. The molecule has 0 unspecified atom stereocenters. The SMILES string of the molecule is O=C(CSc1nnc2n(Cc3ccccc3)c(=O)c3ccccc3n12)Nc1c(F)cccc1F. The highest BCUT2D eigenvalue weighted by molar-refractivity contribution is 7.99. The van der Waals surface area contributed by atoms with E-state index in [9.17, 15) is 18.4 Å². The first-order chi connectivity index (χ1) is 16.5. The summed E-state index contributed by atoms with van der Waals surface area (Å²) in [5.41, 5.74) is 0.815. The number of fused-ring (bicyclic) bond motifs is 3. The quantitative estimate of drug-likeness (QED) is 0.373. The molecule has 2 heterocycles. The van der Waals surface area contributed by atoms with Crippen LogP contribution in [0.25, 0.3) is 16.7 Å². The van der Waals surface area contributed by atoms with Gasteiger partial charge in [0.1, 0.15) is 17.3 Å². The van der Waals surface area contributed by atoms with Crippen LogP contribution < -0.4 is 10.9 Å². The van der Waals surface area contributed by atoms with E-state index in [4.69, 9.17) is 0 Å². The summed E-state index contributed by atoms with van der Waals surface area (Å²) >= 11 is 1.05. The van der Waals surface area contributed by atoms with Crippen molar-refractivity contribution < 1.29 is 13.6 Å². The van der Waals surface area contributed by atoms with Crippen LogP contribution in [0.4, 0.5) is 14.5 Å². The molecule has 7 nitrogen and oxygen atoms in total. The zero-order chi connectivity index (χ0) is 23.7. The Morgan fingerprint density at radius 2 is 1.62 bits per heavy atom. The third kappa shape index (κ3) is 4.03. The lowest BCUT2D eigenvalue weighted by atomic mass is 10.2. The molecule has 0 atom stereocenters. The van der Waals surface area contributed by atoms with Gasteiger partial charge in [-0.3, -0.25) is 18.6 Å². The Bertz CT molecular complexity index is 1560. The number of benzene rings is 3. The molecule has 1 N–H and O–H groups in total. The molecule has 0 saturated carbocycles. The molecule has 0 bridgehead atoms. The van der Waals surface area contributed by atoms with Crippen molar-refractivity contribution >= 4 is 40.0 Å². The first-order valence-corrected chi connectivity index (χ1v) is 11.3. The number of amides is 1. The summed E-state index contributed by atoms with van der Waals surface area (Å²) in [6.07, 6.45) is 0. The van der Waals surface area contributed by atoms with Crippen molar-refractivity contribution in [2.75, 3.05) is 11.1 Å². The minimum Gasteiger partial charge on any atom is -0.320 e. The Kier molecular flexibility index (Phi) is 5.81. The number of nitrogens with zero attached hydrogens (tertiary/aromatic N) is 4. The monoisotopic (exact) mass is 477 g/mol. The molecule has 0 aliphatic heterocycles. The number of para-hydroxylation sites is 2. The summed E-state index contributed by atoms with van der Waals surface area (Å²) in [5.74, 6) is -2.16. The molecule has 1 amide bonds. The number of rotatable bonds is 6. The van der Waals surface area contributed by atoms with E-state index >= 15 is 0 Å². The van der Waals surface area contributed by atoms with Gasteiger partial charge in [0.2, 0.25) is 11.7 Å². The average Bonchev–Trinajstić information content (AvgIpc) is 3.27. The molecule has 5 aromatic rings. The number of nitrogens with one attached hydrogen (secondary N) is 1. The maximum atomic E-state index is 13.8. The van der Waals surface area contributed by atoms with Gasteiger partial charge < -0.3 is 5.32 Å². The average molecular weight is 477 g/mol. The molecule has 0 saturated heterocycles. The first-order valence-electron chi connectivity index (χ1n) is 10.3. The summed E-state index contributed by atoms with van der Waals surface area (Å²) < 4.78 is 30.9. The van der Waals surface area contributed by atoms with Gasteiger partial charge in [0.15, 0.2) is 5.16 Å². The van der Waals surface area contributed by atoms with Crippen LogP contribution in [-0.4, -0.2) is 30.8 Å². The Morgan fingerprint density at radius 3 is 2.38 bits per heavy atom. The lowest BCUT2D eigenvalue weighted by Gasteiger charge is -2.11.